The van der Waals surface area contributed by atoms with E-state index in [9.17, 15) is 0 Å². The Morgan fingerprint density at radius 1 is 1.50 bits per heavy atom. The van der Waals surface area contributed by atoms with Crippen LogP contribution in [0.25, 0.3) is 0 Å². The minimum absolute atomic E-state index is 0.103. The van der Waals surface area contributed by atoms with Crippen molar-refractivity contribution in [2.45, 2.75) is 44.8 Å². The Kier molecular flexibility index (Phi) is 2.13. The summed E-state index contributed by atoms with van der Waals surface area (Å²) in [4.78, 5) is 0. The SMILES string of the molecule is CCC1(C)CNCC(C2CC2)O1. The summed E-state index contributed by atoms with van der Waals surface area (Å²) in [5, 5.41) is 3.47. The van der Waals surface area contributed by atoms with Crippen molar-refractivity contribution < 1.29 is 4.74 Å². The van der Waals surface area contributed by atoms with Crippen LogP contribution in [-0.2, 0) is 4.74 Å². The van der Waals surface area contributed by atoms with Crippen LogP contribution < -0.4 is 5.32 Å². The number of morpholine rings is 1. The molecule has 0 bridgehead atoms. The number of nitrogens with one attached hydrogen (secondary N) is 1. The lowest BCUT2D eigenvalue weighted by atomic mass is 10.00. The van der Waals surface area contributed by atoms with Crippen molar-refractivity contribution in [1.29, 1.82) is 0 Å². The molecule has 1 aliphatic heterocycles. The Labute approximate surface area is 74.7 Å². The van der Waals surface area contributed by atoms with E-state index in [-0.39, 0.29) is 5.60 Å². The summed E-state index contributed by atoms with van der Waals surface area (Å²) < 4.78 is 6.08. The molecule has 0 radical (unpaired) electrons. The van der Waals surface area contributed by atoms with Crippen LogP contribution in [0.4, 0.5) is 0 Å². The molecule has 2 fully saturated rings. The van der Waals surface area contributed by atoms with E-state index in [1.54, 1.807) is 0 Å². The highest BCUT2D eigenvalue weighted by Crippen LogP contribution is 2.37. The summed E-state index contributed by atoms with van der Waals surface area (Å²) >= 11 is 0. The van der Waals surface area contributed by atoms with Gasteiger partial charge in [0, 0.05) is 13.1 Å². The fourth-order valence-electron chi connectivity index (χ4n) is 1.87. The number of hydrogen-bond acceptors (Lipinski definition) is 2. The first-order valence-electron chi connectivity index (χ1n) is 5.12. The van der Waals surface area contributed by atoms with E-state index in [4.69, 9.17) is 4.74 Å². The molecule has 2 atom stereocenters. The van der Waals surface area contributed by atoms with Crippen LogP contribution in [-0.4, -0.2) is 24.8 Å². The smallest absolute Gasteiger partial charge is 0.0780 e. The molecule has 70 valence electrons. The van der Waals surface area contributed by atoms with Gasteiger partial charge in [0.2, 0.25) is 0 Å². The Balaban J connectivity index is 1.93. The predicted octanol–water partition coefficient (Wildman–Crippen LogP) is 1.55. The second-order valence-electron chi connectivity index (χ2n) is 4.43. The van der Waals surface area contributed by atoms with Crippen LogP contribution in [0.3, 0.4) is 0 Å². The summed E-state index contributed by atoms with van der Waals surface area (Å²) in [6.45, 7) is 6.51. The monoisotopic (exact) mass is 169 g/mol. The summed E-state index contributed by atoms with van der Waals surface area (Å²) in [6.07, 6.45) is 4.38. The normalized spacial score (nSPS) is 43.0. The van der Waals surface area contributed by atoms with Crippen molar-refractivity contribution in [2.75, 3.05) is 13.1 Å². The average Bonchev–Trinajstić information content (AvgIpc) is 2.87. The van der Waals surface area contributed by atoms with Gasteiger partial charge in [0.15, 0.2) is 0 Å². The van der Waals surface area contributed by atoms with Gasteiger partial charge in [-0.2, -0.15) is 0 Å². The van der Waals surface area contributed by atoms with Crippen molar-refractivity contribution in [2.24, 2.45) is 5.92 Å². The fourth-order valence-corrected chi connectivity index (χ4v) is 1.87. The van der Waals surface area contributed by atoms with Gasteiger partial charge in [-0.1, -0.05) is 6.92 Å². The standard InChI is InChI=1S/C10H19NO/c1-3-10(2)7-11-6-9(12-10)8-4-5-8/h8-9,11H,3-7H2,1-2H3. The topological polar surface area (TPSA) is 21.3 Å². The molecule has 1 saturated heterocycles. The van der Waals surface area contributed by atoms with Crippen molar-refractivity contribution in [3.05, 3.63) is 0 Å². The molecule has 1 heterocycles. The summed E-state index contributed by atoms with van der Waals surface area (Å²) in [5.41, 5.74) is 0.103. The fraction of sp³-hybridized carbons (Fsp3) is 1.00. The van der Waals surface area contributed by atoms with Gasteiger partial charge in [0.1, 0.15) is 0 Å². The number of hydrogen-bond donors (Lipinski definition) is 1. The maximum absolute atomic E-state index is 6.08. The highest BCUT2D eigenvalue weighted by molar-refractivity contribution is 4.91. The van der Waals surface area contributed by atoms with Crippen LogP contribution in [0.15, 0.2) is 0 Å². The molecule has 0 aromatic rings. The van der Waals surface area contributed by atoms with Gasteiger partial charge in [-0.05, 0) is 32.1 Å². The van der Waals surface area contributed by atoms with Crippen molar-refractivity contribution >= 4 is 0 Å². The molecule has 0 aromatic carbocycles. The molecule has 2 heteroatoms. The zero-order valence-corrected chi connectivity index (χ0v) is 8.10. The van der Waals surface area contributed by atoms with Crippen LogP contribution in [0.1, 0.15) is 33.1 Å². The zero-order valence-electron chi connectivity index (χ0n) is 8.10. The first-order chi connectivity index (χ1) is 5.73. The lowest BCUT2D eigenvalue weighted by Gasteiger charge is -2.39. The zero-order chi connectivity index (χ0) is 8.60. The van der Waals surface area contributed by atoms with Gasteiger partial charge in [0.25, 0.3) is 0 Å². The predicted molar refractivity (Wildman–Crippen MR) is 49.2 cm³/mol. The number of ether oxygens (including phenoxy) is 1. The first kappa shape index (κ1) is 8.52. The second kappa shape index (κ2) is 3.00. The molecule has 2 aliphatic rings. The maximum Gasteiger partial charge on any atom is 0.0780 e. The molecule has 1 saturated carbocycles. The van der Waals surface area contributed by atoms with Gasteiger partial charge < -0.3 is 10.1 Å². The van der Waals surface area contributed by atoms with E-state index in [0.717, 1.165) is 25.4 Å². The van der Waals surface area contributed by atoms with E-state index in [1.165, 1.54) is 12.8 Å². The third-order valence-corrected chi connectivity index (χ3v) is 3.18. The van der Waals surface area contributed by atoms with Crippen LogP contribution >= 0.6 is 0 Å². The van der Waals surface area contributed by atoms with E-state index in [0.29, 0.717) is 6.10 Å². The quantitative estimate of drug-likeness (QED) is 0.677. The molecule has 0 aromatic heterocycles. The summed E-state index contributed by atoms with van der Waals surface area (Å²) in [7, 11) is 0. The maximum atomic E-state index is 6.08. The minimum atomic E-state index is 0.103. The highest BCUT2D eigenvalue weighted by Gasteiger charge is 2.39. The summed E-state index contributed by atoms with van der Waals surface area (Å²) in [6, 6.07) is 0. The molecule has 2 rings (SSSR count). The van der Waals surface area contributed by atoms with Crippen molar-refractivity contribution in [1.82, 2.24) is 5.32 Å². The van der Waals surface area contributed by atoms with Gasteiger partial charge in [0.05, 0.1) is 11.7 Å². The highest BCUT2D eigenvalue weighted by atomic mass is 16.5. The van der Waals surface area contributed by atoms with E-state index in [2.05, 4.69) is 19.2 Å². The third kappa shape index (κ3) is 1.64. The van der Waals surface area contributed by atoms with Gasteiger partial charge in [-0.3, -0.25) is 0 Å². The van der Waals surface area contributed by atoms with E-state index < -0.39 is 0 Å². The largest absolute Gasteiger partial charge is 0.369 e. The van der Waals surface area contributed by atoms with Crippen molar-refractivity contribution in [3.63, 3.8) is 0 Å². The Morgan fingerprint density at radius 2 is 2.25 bits per heavy atom. The third-order valence-electron chi connectivity index (χ3n) is 3.18. The minimum Gasteiger partial charge on any atom is -0.369 e. The average molecular weight is 169 g/mol. The van der Waals surface area contributed by atoms with E-state index in [1.807, 2.05) is 0 Å². The molecular weight excluding hydrogens is 150 g/mol. The van der Waals surface area contributed by atoms with Gasteiger partial charge in [-0.25, -0.2) is 0 Å². The second-order valence-corrected chi connectivity index (χ2v) is 4.43. The van der Waals surface area contributed by atoms with Crippen LogP contribution in [0.2, 0.25) is 0 Å². The van der Waals surface area contributed by atoms with Crippen LogP contribution in [0.5, 0.6) is 0 Å². The molecule has 2 nitrogen and oxygen atoms in total. The van der Waals surface area contributed by atoms with Crippen molar-refractivity contribution in [3.8, 4) is 0 Å². The molecule has 1 N–H and O–H groups in total. The lowest BCUT2D eigenvalue weighted by molar-refractivity contribution is -0.114. The molecule has 1 aliphatic carbocycles. The van der Waals surface area contributed by atoms with Crippen LogP contribution in [0, 0.1) is 5.92 Å². The molecule has 2 unspecified atom stereocenters. The Morgan fingerprint density at radius 3 is 2.83 bits per heavy atom. The number of rotatable bonds is 2. The Bertz CT molecular complexity index is 167. The van der Waals surface area contributed by atoms with Gasteiger partial charge >= 0.3 is 0 Å². The molecular formula is C10H19NO. The molecule has 0 amide bonds. The lowest BCUT2D eigenvalue weighted by Crippen LogP contribution is -2.52. The first-order valence-corrected chi connectivity index (χ1v) is 5.12. The molecule has 12 heavy (non-hydrogen) atoms. The Hall–Kier alpha value is -0.0800. The summed E-state index contributed by atoms with van der Waals surface area (Å²) in [5.74, 6) is 0.865. The van der Waals surface area contributed by atoms with E-state index >= 15 is 0 Å². The molecule has 0 spiro atoms. The van der Waals surface area contributed by atoms with Gasteiger partial charge in [-0.15, -0.1) is 0 Å².